The van der Waals surface area contributed by atoms with Gasteiger partial charge in [0.1, 0.15) is 5.75 Å². The van der Waals surface area contributed by atoms with E-state index in [9.17, 15) is 9.59 Å². The predicted molar refractivity (Wildman–Crippen MR) is 116 cm³/mol. The number of nitrogens with one attached hydrogen (secondary N) is 2. The van der Waals surface area contributed by atoms with Crippen LogP contribution in [0.2, 0.25) is 0 Å². The summed E-state index contributed by atoms with van der Waals surface area (Å²) in [4.78, 5) is 25.2. The van der Waals surface area contributed by atoms with Crippen LogP contribution in [-0.2, 0) is 17.8 Å². The molecule has 0 fully saturated rings. The zero-order chi connectivity index (χ0) is 21.6. The molecule has 3 aromatic rings. The second-order valence-corrected chi connectivity index (χ2v) is 6.99. The lowest BCUT2D eigenvalue weighted by Crippen LogP contribution is -2.25. The van der Waals surface area contributed by atoms with E-state index in [1.165, 1.54) is 0 Å². The molecule has 0 atom stereocenters. The van der Waals surface area contributed by atoms with Gasteiger partial charge in [-0.15, -0.1) is 0 Å². The van der Waals surface area contributed by atoms with Gasteiger partial charge in [0.25, 0.3) is 5.91 Å². The quantitative estimate of drug-likeness (QED) is 0.613. The second-order valence-electron chi connectivity index (χ2n) is 6.99. The Hall–Kier alpha value is -4.00. The van der Waals surface area contributed by atoms with Gasteiger partial charge < -0.3 is 24.8 Å². The largest absolute Gasteiger partial charge is 0.497 e. The molecule has 0 saturated heterocycles. The third-order valence-electron chi connectivity index (χ3n) is 4.86. The number of rotatable bonds is 7. The van der Waals surface area contributed by atoms with Crippen molar-refractivity contribution in [3.05, 3.63) is 83.4 Å². The minimum atomic E-state index is -0.280. The van der Waals surface area contributed by atoms with E-state index in [2.05, 4.69) is 10.6 Å². The number of hydrogen-bond acceptors (Lipinski definition) is 5. The summed E-state index contributed by atoms with van der Waals surface area (Å²) in [5.41, 5.74) is 2.59. The van der Waals surface area contributed by atoms with Gasteiger partial charge in [-0.25, -0.2) is 0 Å². The van der Waals surface area contributed by atoms with Crippen molar-refractivity contribution < 1.29 is 23.8 Å². The lowest BCUT2D eigenvalue weighted by molar-refractivity contribution is -0.115. The van der Waals surface area contributed by atoms with Gasteiger partial charge in [-0.05, 0) is 47.5 Å². The van der Waals surface area contributed by atoms with Crippen LogP contribution < -0.4 is 24.8 Å². The van der Waals surface area contributed by atoms with Crippen molar-refractivity contribution >= 4 is 17.5 Å². The van der Waals surface area contributed by atoms with Crippen molar-refractivity contribution in [2.75, 3.05) is 19.2 Å². The first-order valence-electron chi connectivity index (χ1n) is 9.81. The molecule has 2 amide bonds. The van der Waals surface area contributed by atoms with Crippen molar-refractivity contribution in [3.8, 4) is 17.2 Å². The Morgan fingerprint density at radius 3 is 2.48 bits per heavy atom. The van der Waals surface area contributed by atoms with Crippen LogP contribution in [0.4, 0.5) is 5.69 Å². The highest BCUT2D eigenvalue weighted by atomic mass is 16.7. The summed E-state index contributed by atoms with van der Waals surface area (Å²) < 4.78 is 15.8. The number of hydrogen-bond donors (Lipinski definition) is 2. The summed E-state index contributed by atoms with van der Waals surface area (Å²) in [6, 6.07) is 19.7. The SMILES string of the molecule is COc1ccc(CC(=O)Nc2ccccc2C(=O)NCc2ccc3c(c2)OCO3)cc1. The summed E-state index contributed by atoms with van der Waals surface area (Å²) >= 11 is 0. The van der Waals surface area contributed by atoms with Crippen LogP contribution >= 0.6 is 0 Å². The maximum atomic E-state index is 12.8. The number of anilines is 1. The molecule has 158 valence electrons. The molecule has 0 radical (unpaired) electrons. The molecule has 1 heterocycles. The number of methoxy groups -OCH3 is 1. The molecular formula is C24H22N2O5. The van der Waals surface area contributed by atoms with E-state index in [0.717, 1.165) is 16.9 Å². The van der Waals surface area contributed by atoms with E-state index in [1.807, 2.05) is 30.3 Å². The van der Waals surface area contributed by atoms with E-state index in [1.54, 1.807) is 43.5 Å². The molecule has 2 N–H and O–H groups in total. The first kappa shape index (κ1) is 20.3. The van der Waals surface area contributed by atoms with Crippen LogP contribution in [0.5, 0.6) is 17.2 Å². The number of carbonyl (C=O) groups excluding carboxylic acids is 2. The Morgan fingerprint density at radius 2 is 1.68 bits per heavy atom. The summed E-state index contributed by atoms with van der Waals surface area (Å²) in [6.45, 7) is 0.526. The molecule has 3 aromatic carbocycles. The first-order valence-corrected chi connectivity index (χ1v) is 9.81. The van der Waals surface area contributed by atoms with Crippen LogP contribution in [0.15, 0.2) is 66.7 Å². The Balaban J connectivity index is 1.38. The fraction of sp³-hybridized carbons (Fsp3) is 0.167. The second kappa shape index (κ2) is 9.21. The molecule has 7 heteroatoms. The molecule has 0 aliphatic carbocycles. The minimum absolute atomic E-state index is 0.192. The van der Waals surface area contributed by atoms with Gasteiger partial charge in [-0.3, -0.25) is 9.59 Å². The highest BCUT2D eigenvalue weighted by molar-refractivity contribution is 6.04. The molecule has 1 aliphatic heterocycles. The third kappa shape index (κ3) is 4.95. The molecule has 0 spiro atoms. The van der Waals surface area contributed by atoms with Crippen molar-refractivity contribution in [1.29, 1.82) is 0 Å². The molecule has 0 bridgehead atoms. The van der Waals surface area contributed by atoms with E-state index in [4.69, 9.17) is 14.2 Å². The van der Waals surface area contributed by atoms with Crippen molar-refractivity contribution in [2.24, 2.45) is 0 Å². The number of para-hydroxylation sites is 1. The zero-order valence-electron chi connectivity index (χ0n) is 17.0. The lowest BCUT2D eigenvalue weighted by Gasteiger charge is -2.12. The Morgan fingerprint density at radius 1 is 0.935 bits per heavy atom. The van der Waals surface area contributed by atoms with Gasteiger partial charge in [-0.2, -0.15) is 0 Å². The van der Waals surface area contributed by atoms with Gasteiger partial charge in [0, 0.05) is 6.54 Å². The van der Waals surface area contributed by atoms with Gasteiger partial charge >= 0.3 is 0 Å². The highest BCUT2D eigenvalue weighted by Crippen LogP contribution is 2.32. The smallest absolute Gasteiger partial charge is 0.253 e. The normalized spacial score (nSPS) is 11.6. The van der Waals surface area contributed by atoms with E-state index in [-0.39, 0.29) is 25.0 Å². The van der Waals surface area contributed by atoms with Crippen molar-refractivity contribution in [2.45, 2.75) is 13.0 Å². The molecule has 31 heavy (non-hydrogen) atoms. The maximum Gasteiger partial charge on any atom is 0.253 e. The van der Waals surface area contributed by atoms with Crippen LogP contribution in [-0.4, -0.2) is 25.7 Å². The fourth-order valence-corrected chi connectivity index (χ4v) is 3.24. The molecule has 4 rings (SSSR count). The van der Waals surface area contributed by atoms with Gasteiger partial charge in [0.15, 0.2) is 11.5 Å². The average Bonchev–Trinajstić information content (AvgIpc) is 3.26. The average molecular weight is 418 g/mol. The summed E-state index contributed by atoms with van der Waals surface area (Å²) in [7, 11) is 1.59. The molecule has 0 unspecified atom stereocenters. The predicted octanol–water partition coefficient (Wildman–Crippen LogP) is 3.54. The monoisotopic (exact) mass is 418 g/mol. The third-order valence-corrected chi connectivity index (χ3v) is 4.86. The van der Waals surface area contributed by atoms with Gasteiger partial charge in [0.05, 0.1) is 24.8 Å². The number of fused-ring (bicyclic) bond motifs is 1. The van der Waals surface area contributed by atoms with E-state index >= 15 is 0 Å². The molecule has 7 nitrogen and oxygen atoms in total. The number of benzene rings is 3. The van der Waals surface area contributed by atoms with Crippen LogP contribution in [0.1, 0.15) is 21.5 Å². The van der Waals surface area contributed by atoms with Gasteiger partial charge in [-0.1, -0.05) is 30.3 Å². The fourth-order valence-electron chi connectivity index (χ4n) is 3.24. The maximum absolute atomic E-state index is 12.8. The molecule has 0 saturated carbocycles. The number of amides is 2. The van der Waals surface area contributed by atoms with E-state index in [0.29, 0.717) is 29.3 Å². The molecule has 1 aliphatic rings. The van der Waals surface area contributed by atoms with Crippen LogP contribution in [0.25, 0.3) is 0 Å². The first-order chi connectivity index (χ1) is 15.1. The van der Waals surface area contributed by atoms with E-state index < -0.39 is 0 Å². The standard InChI is InChI=1S/C24H22N2O5/c1-29-18-9-6-16(7-10-18)13-23(27)26-20-5-3-2-4-19(20)24(28)25-14-17-8-11-21-22(12-17)31-15-30-21/h2-12H,13-15H2,1H3,(H,25,28)(H,26,27). The Labute approximate surface area is 179 Å². The van der Waals surface area contributed by atoms with Gasteiger partial charge in [0.2, 0.25) is 12.7 Å². The molecular weight excluding hydrogens is 396 g/mol. The molecule has 0 aromatic heterocycles. The Bertz CT molecular complexity index is 1100. The minimum Gasteiger partial charge on any atom is -0.497 e. The van der Waals surface area contributed by atoms with Crippen molar-refractivity contribution in [1.82, 2.24) is 5.32 Å². The zero-order valence-corrected chi connectivity index (χ0v) is 17.0. The lowest BCUT2D eigenvalue weighted by atomic mass is 10.1. The summed E-state index contributed by atoms with van der Waals surface area (Å²) in [5, 5.41) is 5.72. The van der Waals surface area contributed by atoms with Crippen LogP contribution in [0.3, 0.4) is 0 Å². The topological polar surface area (TPSA) is 85.9 Å². The summed E-state index contributed by atoms with van der Waals surface area (Å²) in [5.74, 6) is 1.60. The van der Waals surface area contributed by atoms with Crippen LogP contribution in [0, 0.1) is 0 Å². The highest BCUT2D eigenvalue weighted by Gasteiger charge is 2.16. The Kier molecular flexibility index (Phi) is 6.03. The number of carbonyl (C=O) groups is 2. The van der Waals surface area contributed by atoms with Crippen molar-refractivity contribution in [3.63, 3.8) is 0 Å². The number of ether oxygens (including phenoxy) is 3. The summed E-state index contributed by atoms with van der Waals surface area (Å²) in [6.07, 6.45) is 0.192.